The number of nitrogens with one attached hydrogen (secondary N) is 1. The minimum Gasteiger partial charge on any atom is -0.344 e. The highest BCUT2D eigenvalue weighted by molar-refractivity contribution is 5.10. The molecule has 0 radical (unpaired) electrons. The van der Waals surface area contributed by atoms with E-state index in [2.05, 4.69) is 51.6 Å². The largest absolute Gasteiger partial charge is 0.344 e. The van der Waals surface area contributed by atoms with Gasteiger partial charge in [0, 0.05) is 37.7 Å². The molecule has 2 aromatic rings. The summed E-state index contributed by atoms with van der Waals surface area (Å²) in [4.78, 5) is 4.14. The molecular weight excluding hydrogens is 212 g/mol. The van der Waals surface area contributed by atoms with Gasteiger partial charge in [0.15, 0.2) is 0 Å². The molecule has 2 heterocycles. The Kier molecular flexibility index (Phi) is 3.64. The summed E-state index contributed by atoms with van der Waals surface area (Å²) in [5.41, 5.74) is 2.52. The molecule has 17 heavy (non-hydrogen) atoms. The molecule has 0 saturated heterocycles. The summed E-state index contributed by atoms with van der Waals surface area (Å²) in [6.07, 6.45) is 5.87. The third-order valence-corrected chi connectivity index (χ3v) is 2.86. The Labute approximate surface area is 102 Å². The van der Waals surface area contributed by atoms with E-state index in [0.717, 1.165) is 13.1 Å². The van der Waals surface area contributed by atoms with Crippen LogP contribution in [0.25, 0.3) is 0 Å². The molecule has 1 N–H and O–H groups in total. The Hall–Kier alpha value is -1.55. The summed E-state index contributed by atoms with van der Waals surface area (Å²) in [6, 6.07) is 4.76. The zero-order valence-electron chi connectivity index (χ0n) is 10.7. The molecule has 0 spiro atoms. The quantitative estimate of drug-likeness (QED) is 0.852. The van der Waals surface area contributed by atoms with Gasteiger partial charge in [-0.05, 0) is 12.1 Å². The smallest absolute Gasteiger partial charge is 0.0946 e. The molecule has 0 aliphatic rings. The topological polar surface area (TPSA) is 34.8 Å². The maximum absolute atomic E-state index is 4.14. The van der Waals surface area contributed by atoms with Crippen molar-refractivity contribution in [2.24, 2.45) is 7.05 Å². The second-order valence-corrected chi connectivity index (χ2v) is 4.66. The van der Waals surface area contributed by atoms with Crippen LogP contribution in [0.3, 0.4) is 0 Å². The van der Waals surface area contributed by atoms with E-state index in [1.165, 1.54) is 11.4 Å². The summed E-state index contributed by atoms with van der Waals surface area (Å²) in [5.74, 6) is 0. The normalized spacial score (nSPS) is 11.3. The second-order valence-electron chi connectivity index (χ2n) is 4.66. The standard InChI is InChI=1S/C13H20N4/c1-11(2)15-8-12-5-4-6-17(12)9-13-7-14-10-16(13)3/h4-7,10-11,15H,8-9H2,1-3H3. The van der Waals surface area contributed by atoms with Gasteiger partial charge in [-0.2, -0.15) is 0 Å². The van der Waals surface area contributed by atoms with Gasteiger partial charge in [-0.15, -0.1) is 0 Å². The molecule has 0 saturated carbocycles. The van der Waals surface area contributed by atoms with E-state index in [0.29, 0.717) is 6.04 Å². The number of aromatic nitrogens is 3. The summed E-state index contributed by atoms with van der Waals surface area (Å²) in [7, 11) is 2.03. The van der Waals surface area contributed by atoms with E-state index in [9.17, 15) is 0 Å². The summed E-state index contributed by atoms with van der Waals surface area (Å²) < 4.78 is 4.31. The van der Waals surface area contributed by atoms with Crippen molar-refractivity contribution >= 4 is 0 Å². The Morgan fingerprint density at radius 3 is 2.82 bits per heavy atom. The molecule has 92 valence electrons. The van der Waals surface area contributed by atoms with Gasteiger partial charge in [0.1, 0.15) is 0 Å². The van der Waals surface area contributed by atoms with Crippen LogP contribution in [0.15, 0.2) is 30.9 Å². The molecule has 0 bridgehead atoms. The summed E-state index contributed by atoms with van der Waals surface area (Å²) in [6.45, 7) is 6.10. The highest BCUT2D eigenvalue weighted by Crippen LogP contribution is 2.07. The van der Waals surface area contributed by atoms with Crippen LogP contribution >= 0.6 is 0 Å². The van der Waals surface area contributed by atoms with Crippen LogP contribution in [0.2, 0.25) is 0 Å². The first-order valence-electron chi connectivity index (χ1n) is 5.99. The van der Waals surface area contributed by atoms with Gasteiger partial charge in [-0.1, -0.05) is 13.8 Å². The fourth-order valence-corrected chi connectivity index (χ4v) is 1.78. The lowest BCUT2D eigenvalue weighted by Crippen LogP contribution is -2.23. The average Bonchev–Trinajstić information content (AvgIpc) is 2.87. The SMILES string of the molecule is CC(C)NCc1cccn1Cc1cncn1C. The van der Waals surface area contributed by atoms with E-state index in [-0.39, 0.29) is 0 Å². The van der Waals surface area contributed by atoms with Gasteiger partial charge in [0.05, 0.1) is 18.6 Å². The van der Waals surface area contributed by atoms with Crippen molar-refractivity contribution < 1.29 is 0 Å². The molecule has 2 aromatic heterocycles. The Balaban J connectivity index is 2.06. The number of nitrogens with zero attached hydrogens (tertiary/aromatic N) is 3. The van der Waals surface area contributed by atoms with Gasteiger partial charge in [0.25, 0.3) is 0 Å². The van der Waals surface area contributed by atoms with Crippen molar-refractivity contribution in [2.75, 3.05) is 0 Å². The highest BCUT2D eigenvalue weighted by atomic mass is 15.1. The van der Waals surface area contributed by atoms with Crippen molar-refractivity contribution in [1.29, 1.82) is 0 Å². The molecule has 4 nitrogen and oxygen atoms in total. The van der Waals surface area contributed by atoms with E-state index in [4.69, 9.17) is 0 Å². The summed E-state index contributed by atoms with van der Waals surface area (Å²) in [5, 5.41) is 3.44. The van der Waals surface area contributed by atoms with Crippen LogP contribution in [-0.2, 0) is 20.1 Å². The van der Waals surface area contributed by atoms with Gasteiger partial charge in [-0.25, -0.2) is 4.98 Å². The first-order valence-corrected chi connectivity index (χ1v) is 5.99. The molecule has 0 atom stereocenters. The average molecular weight is 232 g/mol. The third-order valence-electron chi connectivity index (χ3n) is 2.86. The lowest BCUT2D eigenvalue weighted by Gasteiger charge is -2.12. The number of hydrogen-bond acceptors (Lipinski definition) is 2. The zero-order valence-corrected chi connectivity index (χ0v) is 10.7. The molecule has 0 unspecified atom stereocenters. The number of hydrogen-bond donors (Lipinski definition) is 1. The van der Waals surface area contributed by atoms with Crippen LogP contribution in [0.5, 0.6) is 0 Å². The van der Waals surface area contributed by atoms with E-state index in [1.54, 1.807) is 0 Å². The predicted octanol–water partition coefficient (Wildman–Crippen LogP) is 1.77. The van der Waals surface area contributed by atoms with Crippen molar-refractivity contribution in [3.8, 4) is 0 Å². The van der Waals surface area contributed by atoms with Crippen molar-refractivity contribution in [3.05, 3.63) is 42.2 Å². The molecule has 0 amide bonds. The van der Waals surface area contributed by atoms with Crippen molar-refractivity contribution in [3.63, 3.8) is 0 Å². The van der Waals surface area contributed by atoms with Crippen LogP contribution in [0.1, 0.15) is 25.2 Å². The summed E-state index contributed by atoms with van der Waals surface area (Å²) >= 11 is 0. The van der Waals surface area contributed by atoms with Gasteiger partial charge in [0.2, 0.25) is 0 Å². The van der Waals surface area contributed by atoms with Crippen LogP contribution in [-0.4, -0.2) is 20.2 Å². The zero-order chi connectivity index (χ0) is 12.3. The maximum atomic E-state index is 4.14. The van der Waals surface area contributed by atoms with Crippen LogP contribution < -0.4 is 5.32 Å². The molecule has 0 aromatic carbocycles. The lowest BCUT2D eigenvalue weighted by molar-refractivity contribution is 0.561. The van der Waals surface area contributed by atoms with E-state index < -0.39 is 0 Å². The van der Waals surface area contributed by atoms with Crippen molar-refractivity contribution in [1.82, 2.24) is 19.4 Å². The molecule has 0 aliphatic heterocycles. The fourth-order valence-electron chi connectivity index (χ4n) is 1.78. The number of aryl methyl sites for hydroxylation is 1. The predicted molar refractivity (Wildman–Crippen MR) is 68.7 cm³/mol. The van der Waals surface area contributed by atoms with Crippen molar-refractivity contribution in [2.45, 2.75) is 33.0 Å². The van der Waals surface area contributed by atoms with Gasteiger partial charge in [-0.3, -0.25) is 0 Å². The Bertz CT molecular complexity index is 467. The molecule has 0 aliphatic carbocycles. The van der Waals surface area contributed by atoms with Crippen LogP contribution in [0.4, 0.5) is 0 Å². The highest BCUT2D eigenvalue weighted by Gasteiger charge is 2.04. The molecule has 0 fully saturated rings. The molecule has 4 heteroatoms. The number of imidazole rings is 1. The monoisotopic (exact) mass is 232 g/mol. The molecule has 2 rings (SSSR count). The maximum Gasteiger partial charge on any atom is 0.0946 e. The minimum atomic E-state index is 0.509. The third kappa shape index (κ3) is 2.97. The van der Waals surface area contributed by atoms with Gasteiger partial charge < -0.3 is 14.5 Å². The first kappa shape index (κ1) is 11.9. The minimum absolute atomic E-state index is 0.509. The fraction of sp³-hybridized carbons (Fsp3) is 0.462. The molecular formula is C13H20N4. The lowest BCUT2D eigenvalue weighted by atomic mass is 10.3. The van der Waals surface area contributed by atoms with Gasteiger partial charge >= 0.3 is 0 Å². The van der Waals surface area contributed by atoms with E-state index >= 15 is 0 Å². The Morgan fingerprint density at radius 1 is 1.35 bits per heavy atom. The first-order chi connectivity index (χ1) is 8.16. The van der Waals surface area contributed by atoms with E-state index in [1.807, 2.05) is 19.6 Å². The number of rotatable bonds is 5. The second kappa shape index (κ2) is 5.19. The van der Waals surface area contributed by atoms with Crippen LogP contribution in [0, 0.1) is 0 Å². The Morgan fingerprint density at radius 2 is 2.18 bits per heavy atom.